The number of ether oxygens (including phenoxy) is 1. The van der Waals surface area contributed by atoms with E-state index in [1.165, 1.54) is 6.07 Å². The number of carbonyl (C=O) groups is 1. The molecule has 0 saturated carbocycles. The van der Waals surface area contributed by atoms with Gasteiger partial charge >= 0.3 is 5.97 Å². The van der Waals surface area contributed by atoms with Crippen LogP contribution in [0.15, 0.2) is 28.8 Å². The minimum Gasteiger partial charge on any atom is -0.496 e. The summed E-state index contributed by atoms with van der Waals surface area (Å²) in [4.78, 5) is 10.8. The number of hydrogen-bond donors (Lipinski definition) is 1. The van der Waals surface area contributed by atoms with E-state index in [-0.39, 0.29) is 11.6 Å². The summed E-state index contributed by atoms with van der Waals surface area (Å²) in [7, 11) is 1.58. The minimum atomic E-state index is -1.12. The Kier molecular flexibility index (Phi) is 3.55. The summed E-state index contributed by atoms with van der Waals surface area (Å²) in [6.45, 7) is 4.12. The van der Waals surface area contributed by atoms with Crippen molar-refractivity contribution < 1.29 is 19.2 Å². The molecule has 1 heterocycles. The summed E-state index contributed by atoms with van der Waals surface area (Å²) in [6.07, 6.45) is 0. The average Bonchev–Trinajstić information content (AvgIpc) is 2.87. The highest BCUT2D eigenvalue weighted by Crippen LogP contribution is 2.36. The number of nitrogens with zero attached hydrogens (tertiary/aromatic N) is 1. The molecule has 0 aliphatic carbocycles. The fourth-order valence-corrected chi connectivity index (χ4v) is 1.93. The molecule has 0 aliphatic heterocycles. The average molecular weight is 261 g/mol. The van der Waals surface area contributed by atoms with E-state index in [2.05, 4.69) is 19.0 Å². The van der Waals surface area contributed by atoms with Crippen LogP contribution in [0, 0.1) is 0 Å². The molecule has 0 amide bonds. The van der Waals surface area contributed by atoms with Gasteiger partial charge in [-0.05, 0) is 17.5 Å². The summed E-state index contributed by atoms with van der Waals surface area (Å²) >= 11 is 0. The minimum absolute atomic E-state index is 0.119. The Labute approximate surface area is 110 Å². The zero-order valence-corrected chi connectivity index (χ0v) is 11.0. The highest BCUT2D eigenvalue weighted by atomic mass is 16.5. The number of methoxy groups -OCH3 is 1. The molecule has 0 fully saturated rings. The molecule has 5 nitrogen and oxygen atoms in total. The highest BCUT2D eigenvalue weighted by molar-refractivity contribution is 5.86. The predicted octanol–water partition coefficient (Wildman–Crippen LogP) is 3.17. The van der Waals surface area contributed by atoms with Crippen molar-refractivity contribution in [2.45, 2.75) is 19.8 Å². The molecule has 1 N–H and O–H groups in total. The lowest BCUT2D eigenvalue weighted by molar-refractivity contribution is 0.0686. The van der Waals surface area contributed by atoms with E-state index in [0.29, 0.717) is 17.1 Å². The number of para-hydroxylation sites is 1. The molecule has 0 spiro atoms. The van der Waals surface area contributed by atoms with Gasteiger partial charge in [-0.3, -0.25) is 0 Å². The molecule has 0 atom stereocenters. The highest BCUT2D eigenvalue weighted by Gasteiger charge is 2.18. The van der Waals surface area contributed by atoms with Gasteiger partial charge in [0.1, 0.15) is 5.75 Å². The number of rotatable bonds is 4. The summed E-state index contributed by atoms with van der Waals surface area (Å²) in [6, 6.07) is 7.07. The van der Waals surface area contributed by atoms with Crippen molar-refractivity contribution in [1.82, 2.24) is 5.16 Å². The lowest BCUT2D eigenvalue weighted by atomic mass is 9.98. The second-order valence-corrected chi connectivity index (χ2v) is 4.46. The standard InChI is InChI=1S/C14H15NO4/c1-8(2)9-5-4-6-10(13(9)18-3)12-7-11(14(16)17)15-19-12/h4-8H,1-3H3,(H,16,17). The van der Waals surface area contributed by atoms with Crippen molar-refractivity contribution >= 4 is 5.97 Å². The molecular weight excluding hydrogens is 246 g/mol. The van der Waals surface area contributed by atoms with Crippen LogP contribution in [-0.4, -0.2) is 23.3 Å². The number of carboxylic acids is 1. The van der Waals surface area contributed by atoms with Crippen LogP contribution in [0.1, 0.15) is 35.8 Å². The van der Waals surface area contributed by atoms with E-state index in [4.69, 9.17) is 14.4 Å². The molecular formula is C14H15NO4. The first-order chi connectivity index (χ1) is 9.04. The summed E-state index contributed by atoms with van der Waals surface area (Å²) in [5.74, 6) is 0.244. The molecule has 0 radical (unpaired) electrons. The van der Waals surface area contributed by atoms with Gasteiger partial charge in [0, 0.05) is 6.07 Å². The summed E-state index contributed by atoms with van der Waals surface area (Å²) in [5, 5.41) is 12.4. The molecule has 0 unspecified atom stereocenters. The first kappa shape index (κ1) is 13.1. The third kappa shape index (κ3) is 2.45. The van der Waals surface area contributed by atoms with Gasteiger partial charge in [0.05, 0.1) is 12.7 Å². The Balaban J connectivity index is 2.54. The van der Waals surface area contributed by atoms with Crippen LogP contribution in [-0.2, 0) is 0 Å². The third-order valence-corrected chi connectivity index (χ3v) is 2.87. The van der Waals surface area contributed by atoms with E-state index in [9.17, 15) is 4.79 Å². The molecule has 0 aliphatic rings. The maximum atomic E-state index is 10.8. The maximum Gasteiger partial charge on any atom is 0.358 e. The fourth-order valence-electron chi connectivity index (χ4n) is 1.93. The Morgan fingerprint density at radius 2 is 2.16 bits per heavy atom. The second kappa shape index (κ2) is 5.14. The lowest BCUT2D eigenvalue weighted by Gasteiger charge is -2.14. The Morgan fingerprint density at radius 1 is 1.42 bits per heavy atom. The van der Waals surface area contributed by atoms with Gasteiger partial charge < -0.3 is 14.4 Å². The van der Waals surface area contributed by atoms with Crippen molar-refractivity contribution in [2.24, 2.45) is 0 Å². The van der Waals surface area contributed by atoms with Crippen LogP contribution < -0.4 is 4.74 Å². The van der Waals surface area contributed by atoms with Gasteiger partial charge in [0.2, 0.25) is 0 Å². The number of hydrogen-bond acceptors (Lipinski definition) is 4. The van der Waals surface area contributed by atoms with Crippen LogP contribution in [0.4, 0.5) is 0 Å². The van der Waals surface area contributed by atoms with Crippen molar-refractivity contribution in [1.29, 1.82) is 0 Å². The zero-order chi connectivity index (χ0) is 14.0. The Bertz CT molecular complexity index is 601. The van der Waals surface area contributed by atoms with Crippen LogP contribution in [0.2, 0.25) is 0 Å². The molecule has 5 heteroatoms. The topological polar surface area (TPSA) is 72.6 Å². The van der Waals surface area contributed by atoms with Crippen molar-refractivity contribution in [2.75, 3.05) is 7.11 Å². The van der Waals surface area contributed by atoms with Crippen molar-refractivity contribution in [3.63, 3.8) is 0 Å². The SMILES string of the molecule is COc1c(-c2cc(C(=O)O)no2)cccc1C(C)C. The van der Waals surface area contributed by atoms with Crippen molar-refractivity contribution in [3.8, 4) is 17.1 Å². The zero-order valence-electron chi connectivity index (χ0n) is 11.0. The van der Waals surface area contributed by atoms with E-state index in [1.54, 1.807) is 7.11 Å². The number of aromatic nitrogens is 1. The van der Waals surface area contributed by atoms with Crippen LogP contribution in [0.25, 0.3) is 11.3 Å². The van der Waals surface area contributed by atoms with Crippen LogP contribution >= 0.6 is 0 Å². The molecule has 0 saturated heterocycles. The largest absolute Gasteiger partial charge is 0.496 e. The van der Waals surface area contributed by atoms with Crippen molar-refractivity contribution in [3.05, 3.63) is 35.5 Å². The maximum absolute atomic E-state index is 10.8. The monoisotopic (exact) mass is 261 g/mol. The molecule has 1 aromatic heterocycles. The van der Waals surface area contributed by atoms with Crippen LogP contribution in [0.5, 0.6) is 5.75 Å². The van der Waals surface area contributed by atoms with Gasteiger partial charge in [-0.1, -0.05) is 31.1 Å². The fraction of sp³-hybridized carbons (Fsp3) is 0.286. The third-order valence-electron chi connectivity index (χ3n) is 2.87. The van der Waals surface area contributed by atoms with E-state index < -0.39 is 5.97 Å². The predicted molar refractivity (Wildman–Crippen MR) is 69.5 cm³/mol. The Morgan fingerprint density at radius 3 is 2.68 bits per heavy atom. The van der Waals surface area contributed by atoms with Gasteiger partial charge in [-0.15, -0.1) is 0 Å². The van der Waals surface area contributed by atoms with E-state index in [0.717, 1.165) is 5.56 Å². The summed E-state index contributed by atoms with van der Waals surface area (Å²) in [5.41, 5.74) is 1.62. The smallest absolute Gasteiger partial charge is 0.358 e. The number of aromatic carboxylic acids is 1. The molecule has 19 heavy (non-hydrogen) atoms. The normalized spacial score (nSPS) is 10.7. The Hall–Kier alpha value is -2.30. The van der Waals surface area contributed by atoms with Gasteiger partial charge in [0.15, 0.2) is 11.5 Å². The first-order valence-corrected chi connectivity index (χ1v) is 5.92. The first-order valence-electron chi connectivity index (χ1n) is 5.92. The molecule has 2 aromatic rings. The quantitative estimate of drug-likeness (QED) is 0.915. The number of benzene rings is 1. The molecule has 100 valence electrons. The molecule has 0 bridgehead atoms. The lowest BCUT2D eigenvalue weighted by Crippen LogP contribution is -1.96. The van der Waals surface area contributed by atoms with E-state index >= 15 is 0 Å². The molecule has 2 rings (SSSR count). The van der Waals surface area contributed by atoms with Gasteiger partial charge in [0.25, 0.3) is 0 Å². The van der Waals surface area contributed by atoms with Crippen LogP contribution in [0.3, 0.4) is 0 Å². The molecule has 1 aromatic carbocycles. The summed E-state index contributed by atoms with van der Waals surface area (Å²) < 4.78 is 10.5. The second-order valence-electron chi connectivity index (χ2n) is 4.46. The van der Waals surface area contributed by atoms with Gasteiger partial charge in [-0.25, -0.2) is 4.79 Å². The van der Waals surface area contributed by atoms with Gasteiger partial charge in [-0.2, -0.15) is 0 Å². The number of carboxylic acid groups (broad SMARTS) is 1. The van der Waals surface area contributed by atoms with E-state index in [1.807, 2.05) is 18.2 Å².